The molecule has 7 nitrogen and oxygen atoms in total. The Balaban J connectivity index is 1.35. The van der Waals surface area contributed by atoms with E-state index in [9.17, 15) is 9.59 Å². The zero-order valence-corrected chi connectivity index (χ0v) is 23.0. The van der Waals surface area contributed by atoms with Crippen molar-refractivity contribution in [1.29, 1.82) is 0 Å². The van der Waals surface area contributed by atoms with Gasteiger partial charge in [0.1, 0.15) is 6.61 Å². The first-order chi connectivity index (χ1) is 17.8. The van der Waals surface area contributed by atoms with Crippen molar-refractivity contribution in [2.24, 2.45) is 0 Å². The molecule has 5 rings (SSSR count). The van der Waals surface area contributed by atoms with Crippen LogP contribution in [0.5, 0.6) is 23.0 Å². The van der Waals surface area contributed by atoms with Gasteiger partial charge in [0.05, 0.1) is 23.0 Å². The van der Waals surface area contributed by atoms with Crippen LogP contribution in [-0.2, 0) is 17.9 Å². The number of amides is 2. The van der Waals surface area contributed by atoms with Gasteiger partial charge in [-0.3, -0.25) is 14.5 Å². The first-order valence-electron chi connectivity index (χ1n) is 11.2. The molecule has 1 fully saturated rings. The Morgan fingerprint density at radius 2 is 1.86 bits per heavy atom. The summed E-state index contributed by atoms with van der Waals surface area (Å²) in [7, 11) is 1.55. The highest BCUT2D eigenvalue weighted by Gasteiger charge is 2.36. The maximum atomic E-state index is 13.1. The molecule has 190 valence electrons. The maximum Gasteiger partial charge on any atom is 0.293 e. The average molecular weight is 603 g/mol. The lowest BCUT2D eigenvalue weighted by Crippen LogP contribution is -2.27. The summed E-state index contributed by atoms with van der Waals surface area (Å²) in [6.45, 7) is 2.54. The van der Waals surface area contributed by atoms with Crippen LogP contribution in [0, 0.1) is 6.92 Å². The molecule has 3 aromatic rings. The van der Waals surface area contributed by atoms with Gasteiger partial charge in [-0.25, -0.2) is 0 Å². The molecule has 3 aromatic carbocycles. The van der Waals surface area contributed by atoms with E-state index >= 15 is 0 Å². The van der Waals surface area contributed by atoms with Gasteiger partial charge in [0.2, 0.25) is 6.79 Å². The molecule has 2 heterocycles. The van der Waals surface area contributed by atoms with E-state index in [-0.39, 0.29) is 18.6 Å². The quantitative estimate of drug-likeness (QED) is 0.271. The fourth-order valence-electron chi connectivity index (χ4n) is 3.92. The van der Waals surface area contributed by atoms with Crippen molar-refractivity contribution < 1.29 is 28.5 Å². The molecule has 2 aliphatic heterocycles. The summed E-state index contributed by atoms with van der Waals surface area (Å²) < 4.78 is 23.0. The van der Waals surface area contributed by atoms with Gasteiger partial charge in [0.15, 0.2) is 23.0 Å². The lowest BCUT2D eigenvalue weighted by molar-refractivity contribution is -0.123. The van der Waals surface area contributed by atoms with E-state index in [0.29, 0.717) is 55.1 Å². The van der Waals surface area contributed by atoms with Crippen LogP contribution in [0.3, 0.4) is 0 Å². The molecule has 0 atom stereocenters. The summed E-state index contributed by atoms with van der Waals surface area (Å²) in [6, 6.07) is 14.9. The van der Waals surface area contributed by atoms with E-state index in [1.807, 2.05) is 37.3 Å². The average Bonchev–Trinajstić information content (AvgIpc) is 3.43. The molecule has 2 aliphatic rings. The van der Waals surface area contributed by atoms with Crippen LogP contribution in [0.2, 0.25) is 5.02 Å². The van der Waals surface area contributed by atoms with Crippen LogP contribution >= 0.6 is 39.3 Å². The van der Waals surface area contributed by atoms with E-state index in [2.05, 4.69) is 15.9 Å². The Kier molecular flexibility index (Phi) is 7.37. The highest BCUT2D eigenvalue weighted by Crippen LogP contribution is 2.41. The SMILES string of the molecule is COc1cc(/C=C2\SC(=O)N(Cc3cc4c(cc3Cl)OCO4)C2=O)cc(Br)c1OCc1ccccc1C. The summed E-state index contributed by atoms with van der Waals surface area (Å²) in [6.07, 6.45) is 1.66. The van der Waals surface area contributed by atoms with E-state index in [0.717, 1.165) is 27.8 Å². The monoisotopic (exact) mass is 601 g/mol. The molecule has 0 radical (unpaired) electrons. The molecule has 0 aromatic heterocycles. The fraction of sp³-hybridized carbons (Fsp3) is 0.185. The smallest absolute Gasteiger partial charge is 0.293 e. The molecule has 0 aliphatic carbocycles. The number of rotatable bonds is 7. The van der Waals surface area contributed by atoms with Crippen molar-refractivity contribution in [3.05, 3.63) is 85.2 Å². The second-order valence-corrected chi connectivity index (χ2v) is 10.6. The Bertz CT molecular complexity index is 1440. The van der Waals surface area contributed by atoms with Crippen LogP contribution in [0.4, 0.5) is 4.79 Å². The Hall–Kier alpha value is -3.14. The number of ether oxygens (including phenoxy) is 4. The number of carbonyl (C=O) groups is 2. The predicted octanol–water partition coefficient (Wildman–Crippen LogP) is 6.96. The summed E-state index contributed by atoms with van der Waals surface area (Å²) in [5.74, 6) is 1.71. The van der Waals surface area contributed by atoms with Gasteiger partial charge in [-0.05, 0) is 81.1 Å². The standard InChI is InChI=1S/C27H21BrClNO6S/c1-15-5-3-4-6-17(15)13-34-25-19(28)7-16(8-23(25)33-2)9-24-26(31)30(27(32)37-24)12-18-10-21-22(11-20(18)29)36-14-35-21/h3-11H,12-14H2,1-2H3/b24-9-. The second kappa shape index (κ2) is 10.7. The molecule has 0 spiro atoms. The molecular formula is C27H21BrClNO6S. The molecule has 0 N–H and O–H groups in total. The van der Waals surface area contributed by atoms with Crippen molar-refractivity contribution in [2.75, 3.05) is 13.9 Å². The third-order valence-electron chi connectivity index (χ3n) is 5.93. The van der Waals surface area contributed by atoms with Crippen LogP contribution < -0.4 is 18.9 Å². The van der Waals surface area contributed by atoms with Crippen molar-refractivity contribution in [3.8, 4) is 23.0 Å². The molecule has 2 amide bonds. The molecule has 37 heavy (non-hydrogen) atoms. The van der Waals surface area contributed by atoms with E-state index < -0.39 is 5.91 Å². The van der Waals surface area contributed by atoms with Crippen LogP contribution in [0.25, 0.3) is 6.08 Å². The number of carbonyl (C=O) groups excluding carboxylic acids is 2. The normalized spacial score (nSPS) is 15.6. The van der Waals surface area contributed by atoms with E-state index in [4.69, 9.17) is 30.5 Å². The number of aryl methyl sites for hydroxylation is 1. The molecule has 1 saturated heterocycles. The summed E-state index contributed by atoms with van der Waals surface area (Å²) >= 11 is 10.8. The number of fused-ring (bicyclic) bond motifs is 1. The number of benzene rings is 3. The van der Waals surface area contributed by atoms with Crippen molar-refractivity contribution >= 4 is 56.5 Å². The zero-order chi connectivity index (χ0) is 26.1. The number of halogens is 2. The lowest BCUT2D eigenvalue weighted by Gasteiger charge is -2.15. The van der Waals surface area contributed by atoms with E-state index in [1.54, 1.807) is 31.4 Å². The van der Waals surface area contributed by atoms with Gasteiger partial charge < -0.3 is 18.9 Å². The highest BCUT2D eigenvalue weighted by molar-refractivity contribution is 9.10. The van der Waals surface area contributed by atoms with Gasteiger partial charge >= 0.3 is 0 Å². The Morgan fingerprint density at radius 3 is 2.62 bits per heavy atom. The van der Waals surface area contributed by atoms with E-state index in [1.165, 1.54) is 0 Å². The first kappa shape index (κ1) is 25.5. The number of nitrogens with zero attached hydrogens (tertiary/aromatic N) is 1. The number of thioether (sulfide) groups is 1. The lowest BCUT2D eigenvalue weighted by atomic mass is 10.1. The second-order valence-electron chi connectivity index (χ2n) is 8.31. The van der Waals surface area contributed by atoms with Crippen molar-refractivity contribution in [2.45, 2.75) is 20.1 Å². The molecule has 0 bridgehead atoms. The highest BCUT2D eigenvalue weighted by atomic mass is 79.9. The predicted molar refractivity (Wildman–Crippen MR) is 145 cm³/mol. The fourth-order valence-corrected chi connectivity index (χ4v) is 5.55. The Labute approximate surface area is 231 Å². The Morgan fingerprint density at radius 1 is 1.11 bits per heavy atom. The van der Waals surface area contributed by atoms with Gasteiger partial charge in [-0.15, -0.1) is 0 Å². The van der Waals surface area contributed by atoms with Gasteiger partial charge in [-0.2, -0.15) is 0 Å². The molecule has 10 heteroatoms. The summed E-state index contributed by atoms with van der Waals surface area (Å²) in [5, 5.41) is 0.0106. The van der Waals surface area contributed by atoms with Gasteiger partial charge in [-0.1, -0.05) is 35.9 Å². The first-order valence-corrected chi connectivity index (χ1v) is 13.2. The number of hydrogen-bond donors (Lipinski definition) is 0. The van der Waals surface area contributed by atoms with Crippen LogP contribution in [0.1, 0.15) is 22.3 Å². The third kappa shape index (κ3) is 5.30. The minimum Gasteiger partial charge on any atom is -0.493 e. The van der Waals surface area contributed by atoms with Crippen molar-refractivity contribution in [1.82, 2.24) is 4.90 Å². The number of hydrogen-bond acceptors (Lipinski definition) is 7. The van der Waals surface area contributed by atoms with Crippen molar-refractivity contribution in [3.63, 3.8) is 0 Å². The topological polar surface area (TPSA) is 74.3 Å². The van der Waals surface area contributed by atoms with Gasteiger partial charge in [0, 0.05) is 11.1 Å². The minimum atomic E-state index is -0.404. The maximum absolute atomic E-state index is 13.1. The summed E-state index contributed by atoms with van der Waals surface area (Å²) in [5.41, 5.74) is 3.47. The molecule has 0 saturated carbocycles. The molecular weight excluding hydrogens is 582 g/mol. The molecule has 0 unspecified atom stereocenters. The third-order valence-corrected chi connectivity index (χ3v) is 7.77. The van der Waals surface area contributed by atoms with Crippen LogP contribution in [0.15, 0.2) is 57.9 Å². The van der Waals surface area contributed by atoms with Gasteiger partial charge in [0.25, 0.3) is 11.1 Å². The van der Waals surface area contributed by atoms with Crippen LogP contribution in [-0.4, -0.2) is 29.9 Å². The number of imide groups is 1. The summed E-state index contributed by atoms with van der Waals surface area (Å²) in [4.78, 5) is 27.3. The number of methoxy groups -OCH3 is 1. The minimum absolute atomic E-state index is 0.0240. The zero-order valence-electron chi connectivity index (χ0n) is 19.9. The largest absolute Gasteiger partial charge is 0.493 e.